The van der Waals surface area contributed by atoms with Crippen molar-refractivity contribution in [2.45, 2.75) is 34.0 Å². The van der Waals surface area contributed by atoms with Gasteiger partial charge in [0.15, 0.2) is 0 Å². The number of aromatic nitrogens is 1. The molecule has 0 saturated carbocycles. The van der Waals surface area contributed by atoms with Crippen LogP contribution in [0.4, 0.5) is 0 Å². The minimum Gasteiger partial charge on any atom is -0.361 e. The van der Waals surface area contributed by atoms with Crippen LogP contribution in [0.2, 0.25) is 0 Å². The molecule has 0 aliphatic heterocycles. The van der Waals surface area contributed by atoms with Crippen molar-refractivity contribution < 1.29 is 4.74 Å². The van der Waals surface area contributed by atoms with Gasteiger partial charge in [-0.25, -0.2) is 0 Å². The molecule has 104 valence electrons. The van der Waals surface area contributed by atoms with E-state index in [1.807, 2.05) is 6.92 Å². The topological polar surface area (TPSA) is 26.2 Å². The molecule has 0 fully saturated rings. The molecular formula is C16H24N2O. The highest BCUT2D eigenvalue weighted by Crippen LogP contribution is 2.20. The SMILES string of the molecule is CCOCn1ccc2c(CNCC(C)C)cccc21. The van der Waals surface area contributed by atoms with Gasteiger partial charge in [0, 0.05) is 24.7 Å². The van der Waals surface area contributed by atoms with E-state index in [0.29, 0.717) is 12.6 Å². The zero-order chi connectivity index (χ0) is 13.7. The molecule has 0 bridgehead atoms. The molecule has 0 saturated heterocycles. The molecule has 1 N–H and O–H groups in total. The second-order valence-corrected chi connectivity index (χ2v) is 5.28. The first kappa shape index (κ1) is 14.1. The predicted octanol–water partition coefficient (Wildman–Crippen LogP) is 3.38. The molecule has 0 spiro atoms. The summed E-state index contributed by atoms with van der Waals surface area (Å²) in [4.78, 5) is 0. The third-order valence-corrected chi connectivity index (χ3v) is 3.21. The molecule has 0 atom stereocenters. The van der Waals surface area contributed by atoms with E-state index in [2.05, 4.69) is 54.2 Å². The summed E-state index contributed by atoms with van der Waals surface area (Å²) < 4.78 is 7.64. The Labute approximate surface area is 115 Å². The van der Waals surface area contributed by atoms with Crippen molar-refractivity contribution in [2.75, 3.05) is 13.2 Å². The van der Waals surface area contributed by atoms with Crippen molar-refractivity contribution in [3.8, 4) is 0 Å². The molecule has 0 radical (unpaired) electrons. The van der Waals surface area contributed by atoms with Crippen LogP contribution in [-0.2, 0) is 18.0 Å². The van der Waals surface area contributed by atoms with E-state index >= 15 is 0 Å². The second kappa shape index (κ2) is 6.73. The van der Waals surface area contributed by atoms with E-state index in [0.717, 1.165) is 19.7 Å². The van der Waals surface area contributed by atoms with Crippen molar-refractivity contribution in [2.24, 2.45) is 5.92 Å². The van der Waals surface area contributed by atoms with Gasteiger partial charge >= 0.3 is 0 Å². The van der Waals surface area contributed by atoms with Crippen LogP contribution in [0.3, 0.4) is 0 Å². The van der Waals surface area contributed by atoms with E-state index in [4.69, 9.17) is 4.74 Å². The Balaban J connectivity index is 2.14. The molecule has 1 heterocycles. The quantitative estimate of drug-likeness (QED) is 0.826. The van der Waals surface area contributed by atoms with Crippen molar-refractivity contribution in [1.29, 1.82) is 0 Å². The molecule has 2 aromatic rings. The maximum Gasteiger partial charge on any atom is 0.122 e. The van der Waals surface area contributed by atoms with E-state index in [9.17, 15) is 0 Å². The number of nitrogens with one attached hydrogen (secondary N) is 1. The molecule has 0 aliphatic carbocycles. The predicted molar refractivity (Wildman–Crippen MR) is 80.1 cm³/mol. The smallest absolute Gasteiger partial charge is 0.122 e. The van der Waals surface area contributed by atoms with E-state index in [1.165, 1.54) is 16.5 Å². The van der Waals surface area contributed by atoms with Crippen LogP contribution in [0.5, 0.6) is 0 Å². The highest BCUT2D eigenvalue weighted by atomic mass is 16.5. The Bertz CT molecular complexity index is 516. The van der Waals surface area contributed by atoms with Crippen LogP contribution in [-0.4, -0.2) is 17.7 Å². The molecule has 0 amide bonds. The third kappa shape index (κ3) is 3.58. The van der Waals surface area contributed by atoms with Gasteiger partial charge in [-0.2, -0.15) is 0 Å². The average molecular weight is 260 g/mol. The summed E-state index contributed by atoms with van der Waals surface area (Å²) in [5, 5.41) is 4.82. The number of rotatable bonds is 7. The van der Waals surface area contributed by atoms with Crippen molar-refractivity contribution >= 4 is 10.9 Å². The van der Waals surface area contributed by atoms with E-state index in [-0.39, 0.29) is 0 Å². The van der Waals surface area contributed by atoms with Gasteiger partial charge in [0.05, 0.1) is 5.52 Å². The van der Waals surface area contributed by atoms with Crippen molar-refractivity contribution in [3.05, 3.63) is 36.0 Å². The Hall–Kier alpha value is -1.32. The van der Waals surface area contributed by atoms with Gasteiger partial charge in [-0.05, 0) is 37.1 Å². The van der Waals surface area contributed by atoms with Crippen LogP contribution < -0.4 is 5.32 Å². The number of ether oxygens (including phenoxy) is 1. The molecule has 1 aromatic heterocycles. The lowest BCUT2D eigenvalue weighted by atomic mass is 10.1. The lowest BCUT2D eigenvalue weighted by Crippen LogP contribution is -2.19. The second-order valence-electron chi connectivity index (χ2n) is 5.28. The normalized spacial score (nSPS) is 11.6. The van der Waals surface area contributed by atoms with Crippen molar-refractivity contribution in [3.63, 3.8) is 0 Å². The summed E-state index contributed by atoms with van der Waals surface area (Å²) in [7, 11) is 0. The summed E-state index contributed by atoms with van der Waals surface area (Å²) in [5.41, 5.74) is 2.60. The highest BCUT2D eigenvalue weighted by molar-refractivity contribution is 5.83. The largest absolute Gasteiger partial charge is 0.361 e. The molecule has 1 aromatic carbocycles. The molecule has 3 nitrogen and oxygen atoms in total. The molecule has 3 heteroatoms. The lowest BCUT2D eigenvalue weighted by Gasteiger charge is -2.09. The van der Waals surface area contributed by atoms with Gasteiger partial charge in [-0.15, -0.1) is 0 Å². The van der Waals surface area contributed by atoms with Gasteiger partial charge < -0.3 is 14.6 Å². The molecular weight excluding hydrogens is 236 g/mol. The van der Waals surface area contributed by atoms with Gasteiger partial charge in [-0.3, -0.25) is 0 Å². The first-order valence-electron chi connectivity index (χ1n) is 7.07. The third-order valence-electron chi connectivity index (χ3n) is 3.21. The summed E-state index contributed by atoms with van der Waals surface area (Å²) in [6.45, 7) is 9.83. The van der Waals surface area contributed by atoms with Gasteiger partial charge in [0.25, 0.3) is 0 Å². The average Bonchev–Trinajstić information content (AvgIpc) is 2.80. The monoisotopic (exact) mass is 260 g/mol. The molecule has 0 unspecified atom stereocenters. The maximum absolute atomic E-state index is 5.49. The molecule has 19 heavy (non-hydrogen) atoms. The Morgan fingerprint density at radius 3 is 2.84 bits per heavy atom. The minimum absolute atomic E-state index is 0.628. The fourth-order valence-electron chi connectivity index (χ4n) is 2.24. The van der Waals surface area contributed by atoms with Crippen LogP contribution in [0.25, 0.3) is 10.9 Å². The molecule has 2 rings (SSSR count). The summed E-state index contributed by atoms with van der Waals surface area (Å²) in [6, 6.07) is 8.65. The zero-order valence-electron chi connectivity index (χ0n) is 12.1. The zero-order valence-corrected chi connectivity index (χ0v) is 12.1. The molecule has 0 aliphatic rings. The first-order chi connectivity index (χ1) is 9.22. The fraction of sp³-hybridized carbons (Fsp3) is 0.500. The van der Waals surface area contributed by atoms with E-state index < -0.39 is 0 Å². The minimum atomic E-state index is 0.628. The van der Waals surface area contributed by atoms with Gasteiger partial charge in [-0.1, -0.05) is 26.0 Å². The number of hydrogen-bond acceptors (Lipinski definition) is 2. The summed E-state index contributed by atoms with van der Waals surface area (Å²) in [5.74, 6) is 0.682. The maximum atomic E-state index is 5.49. The Kier molecular flexibility index (Phi) is 5.00. The lowest BCUT2D eigenvalue weighted by molar-refractivity contribution is 0.0909. The van der Waals surface area contributed by atoms with E-state index in [1.54, 1.807) is 0 Å². The number of hydrogen-bond donors (Lipinski definition) is 1. The Morgan fingerprint density at radius 2 is 2.11 bits per heavy atom. The highest BCUT2D eigenvalue weighted by Gasteiger charge is 2.05. The van der Waals surface area contributed by atoms with Crippen molar-refractivity contribution in [1.82, 2.24) is 9.88 Å². The van der Waals surface area contributed by atoms with Crippen LogP contribution in [0.1, 0.15) is 26.3 Å². The van der Waals surface area contributed by atoms with Gasteiger partial charge in [0.1, 0.15) is 6.73 Å². The van der Waals surface area contributed by atoms with Crippen LogP contribution in [0.15, 0.2) is 30.5 Å². The summed E-state index contributed by atoms with van der Waals surface area (Å²) >= 11 is 0. The van der Waals surface area contributed by atoms with Crippen LogP contribution in [0, 0.1) is 5.92 Å². The number of nitrogens with zero attached hydrogens (tertiary/aromatic N) is 1. The number of benzene rings is 1. The first-order valence-corrected chi connectivity index (χ1v) is 7.07. The van der Waals surface area contributed by atoms with Gasteiger partial charge in [0.2, 0.25) is 0 Å². The number of fused-ring (bicyclic) bond motifs is 1. The van der Waals surface area contributed by atoms with Crippen LogP contribution >= 0.6 is 0 Å². The fourth-order valence-corrected chi connectivity index (χ4v) is 2.24. The summed E-state index contributed by atoms with van der Waals surface area (Å²) in [6.07, 6.45) is 2.10. The Morgan fingerprint density at radius 1 is 1.26 bits per heavy atom. The standard InChI is InChI=1S/C16H24N2O/c1-4-19-12-18-9-8-15-14(6-5-7-16(15)18)11-17-10-13(2)3/h5-9,13,17H,4,10-12H2,1-3H3.